The molecule has 1 aliphatic heterocycles. The Morgan fingerprint density at radius 1 is 0.889 bits per heavy atom. The molecule has 1 amide bonds. The first-order valence-electron chi connectivity index (χ1n) is 12.1. The molecule has 1 fully saturated rings. The number of ether oxygens (including phenoxy) is 1. The smallest absolute Gasteiger partial charge is 0.333 e. The summed E-state index contributed by atoms with van der Waals surface area (Å²) in [6.45, 7) is 4.97. The summed E-state index contributed by atoms with van der Waals surface area (Å²) in [5.74, 6) is -0.282. The fourth-order valence-corrected chi connectivity index (χ4v) is 4.80. The van der Waals surface area contributed by atoms with Crippen molar-refractivity contribution in [1.82, 2.24) is 23.6 Å². The van der Waals surface area contributed by atoms with Crippen molar-refractivity contribution in [2.45, 2.75) is 45.7 Å². The van der Waals surface area contributed by atoms with E-state index in [4.69, 9.17) is 4.74 Å². The Balaban J connectivity index is 1.60. The Bertz CT molecular complexity index is 1480. The van der Waals surface area contributed by atoms with Gasteiger partial charge in [-0.25, -0.2) is 14.3 Å². The van der Waals surface area contributed by atoms with Gasteiger partial charge in [-0.2, -0.15) is 0 Å². The van der Waals surface area contributed by atoms with Crippen molar-refractivity contribution >= 4 is 17.1 Å². The van der Waals surface area contributed by atoms with Gasteiger partial charge in [0.1, 0.15) is 6.54 Å². The molecular formula is C27H29N5O4. The van der Waals surface area contributed by atoms with Crippen molar-refractivity contribution in [2.24, 2.45) is 0 Å². The van der Waals surface area contributed by atoms with Crippen LogP contribution >= 0.6 is 0 Å². The van der Waals surface area contributed by atoms with Crippen LogP contribution in [0.15, 0.2) is 76.6 Å². The first kappa shape index (κ1) is 23.7. The second-order valence-corrected chi connectivity index (χ2v) is 9.33. The number of imidazole rings is 1. The number of morpholine rings is 1. The summed E-state index contributed by atoms with van der Waals surface area (Å²) in [6, 6.07) is 19.2. The second-order valence-electron chi connectivity index (χ2n) is 9.33. The van der Waals surface area contributed by atoms with Gasteiger partial charge in [0.15, 0.2) is 11.2 Å². The molecular weight excluding hydrogens is 458 g/mol. The van der Waals surface area contributed by atoms with Crippen molar-refractivity contribution in [2.75, 3.05) is 13.1 Å². The van der Waals surface area contributed by atoms with E-state index >= 15 is 0 Å². The van der Waals surface area contributed by atoms with Crippen LogP contribution in [-0.4, -0.2) is 54.8 Å². The van der Waals surface area contributed by atoms with Crippen molar-refractivity contribution in [3.05, 3.63) is 99.0 Å². The van der Waals surface area contributed by atoms with E-state index in [-0.39, 0.29) is 31.2 Å². The van der Waals surface area contributed by atoms with Gasteiger partial charge in [0, 0.05) is 19.6 Å². The molecule has 0 N–H and O–H groups in total. The molecule has 186 valence electrons. The number of fused-ring (bicyclic) bond motifs is 1. The Kier molecular flexibility index (Phi) is 6.56. The lowest BCUT2D eigenvalue weighted by Gasteiger charge is -2.35. The normalized spacial score (nSPS) is 18.0. The SMILES string of the molecule is CC1CN(C(=O)Cn2c(=O)c3c(ncn3Cc3ccccc3)n(Cc3ccccc3)c2=O)CC(C)O1. The van der Waals surface area contributed by atoms with E-state index in [0.29, 0.717) is 30.8 Å². The molecule has 0 aliphatic carbocycles. The highest BCUT2D eigenvalue weighted by Crippen LogP contribution is 2.14. The zero-order valence-electron chi connectivity index (χ0n) is 20.4. The standard InChI is InChI=1S/C27H29N5O4/c1-19-13-29(14-20(2)36-19)23(33)17-32-26(34)24-25(28-18-30(24)15-21-9-5-3-6-10-21)31(27(32)35)16-22-11-7-4-8-12-22/h3-12,18-20H,13-17H2,1-2H3. The van der Waals surface area contributed by atoms with Gasteiger partial charge in [-0.05, 0) is 25.0 Å². The third kappa shape index (κ3) is 4.74. The zero-order valence-corrected chi connectivity index (χ0v) is 20.4. The number of benzene rings is 2. The van der Waals surface area contributed by atoms with Crippen LogP contribution < -0.4 is 11.2 Å². The van der Waals surface area contributed by atoms with Gasteiger partial charge in [-0.15, -0.1) is 0 Å². The highest BCUT2D eigenvalue weighted by Gasteiger charge is 2.27. The molecule has 3 heterocycles. The quantitative estimate of drug-likeness (QED) is 0.415. The minimum absolute atomic E-state index is 0.112. The Morgan fingerprint density at radius 2 is 1.47 bits per heavy atom. The first-order chi connectivity index (χ1) is 17.4. The summed E-state index contributed by atoms with van der Waals surface area (Å²) in [4.78, 5) is 46.6. The summed E-state index contributed by atoms with van der Waals surface area (Å²) < 4.78 is 9.99. The number of hydrogen-bond donors (Lipinski definition) is 0. The molecule has 0 saturated carbocycles. The number of hydrogen-bond acceptors (Lipinski definition) is 5. The number of rotatable bonds is 6. The second kappa shape index (κ2) is 9.94. The average molecular weight is 488 g/mol. The molecule has 2 aromatic carbocycles. The number of nitrogens with zero attached hydrogens (tertiary/aromatic N) is 5. The monoisotopic (exact) mass is 487 g/mol. The van der Waals surface area contributed by atoms with Crippen molar-refractivity contribution in [3.8, 4) is 0 Å². The van der Waals surface area contributed by atoms with Gasteiger partial charge < -0.3 is 14.2 Å². The Hall–Kier alpha value is -3.98. The third-order valence-electron chi connectivity index (χ3n) is 6.43. The van der Waals surface area contributed by atoms with E-state index in [1.807, 2.05) is 74.5 Å². The topological polar surface area (TPSA) is 91.4 Å². The molecule has 9 nitrogen and oxygen atoms in total. The van der Waals surface area contributed by atoms with E-state index in [1.54, 1.807) is 15.8 Å². The van der Waals surface area contributed by atoms with Crippen LogP contribution in [-0.2, 0) is 29.2 Å². The Labute approximate surface area is 208 Å². The average Bonchev–Trinajstić information content (AvgIpc) is 3.28. The van der Waals surface area contributed by atoms with E-state index in [9.17, 15) is 14.4 Å². The van der Waals surface area contributed by atoms with Gasteiger partial charge in [0.2, 0.25) is 5.91 Å². The first-order valence-corrected chi connectivity index (χ1v) is 12.1. The van der Waals surface area contributed by atoms with E-state index < -0.39 is 11.2 Å². The molecule has 1 aliphatic rings. The number of carbonyl (C=O) groups is 1. The molecule has 9 heteroatoms. The van der Waals surface area contributed by atoms with E-state index in [1.165, 1.54) is 4.57 Å². The lowest BCUT2D eigenvalue weighted by Crippen LogP contribution is -2.51. The molecule has 2 atom stereocenters. The summed E-state index contributed by atoms with van der Waals surface area (Å²) in [7, 11) is 0. The predicted octanol–water partition coefficient (Wildman–Crippen LogP) is 2.09. The molecule has 2 aromatic heterocycles. The van der Waals surface area contributed by atoms with Gasteiger partial charge >= 0.3 is 5.69 Å². The van der Waals surface area contributed by atoms with Crippen LogP contribution in [0.2, 0.25) is 0 Å². The summed E-state index contributed by atoms with van der Waals surface area (Å²) in [5.41, 5.74) is 1.43. The van der Waals surface area contributed by atoms with Crippen molar-refractivity contribution in [3.63, 3.8) is 0 Å². The fraction of sp³-hybridized carbons (Fsp3) is 0.333. The van der Waals surface area contributed by atoms with Gasteiger partial charge in [-0.3, -0.25) is 14.2 Å². The summed E-state index contributed by atoms with van der Waals surface area (Å²) in [5, 5.41) is 0. The van der Waals surface area contributed by atoms with Crippen LogP contribution in [0.3, 0.4) is 0 Å². The maximum absolute atomic E-state index is 13.7. The van der Waals surface area contributed by atoms with Crippen molar-refractivity contribution < 1.29 is 9.53 Å². The highest BCUT2D eigenvalue weighted by atomic mass is 16.5. The summed E-state index contributed by atoms with van der Waals surface area (Å²) in [6.07, 6.45) is 1.36. The van der Waals surface area contributed by atoms with Gasteiger partial charge in [0.25, 0.3) is 5.56 Å². The lowest BCUT2D eigenvalue weighted by atomic mass is 10.2. The maximum atomic E-state index is 13.7. The Morgan fingerprint density at radius 3 is 2.08 bits per heavy atom. The summed E-state index contributed by atoms with van der Waals surface area (Å²) >= 11 is 0. The number of aromatic nitrogens is 4. The van der Waals surface area contributed by atoms with E-state index in [2.05, 4.69) is 4.98 Å². The highest BCUT2D eigenvalue weighted by molar-refractivity contribution is 5.77. The van der Waals surface area contributed by atoms with Crippen LogP contribution in [0.5, 0.6) is 0 Å². The lowest BCUT2D eigenvalue weighted by molar-refractivity contribution is -0.143. The van der Waals surface area contributed by atoms with Crippen LogP contribution in [0, 0.1) is 0 Å². The van der Waals surface area contributed by atoms with Gasteiger partial charge in [0.05, 0.1) is 25.1 Å². The van der Waals surface area contributed by atoms with Gasteiger partial charge in [-0.1, -0.05) is 60.7 Å². The minimum atomic E-state index is -0.552. The third-order valence-corrected chi connectivity index (χ3v) is 6.43. The van der Waals surface area contributed by atoms with Crippen LogP contribution in [0.4, 0.5) is 0 Å². The predicted molar refractivity (Wildman–Crippen MR) is 136 cm³/mol. The van der Waals surface area contributed by atoms with Crippen LogP contribution in [0.25, 0.3) is 11.2 Å². The number of carbonyl (C=O) groups excluding carboxylic acids is 1. The zero-order chi connectivity index (χ0) is 25.2. The molecule has 0 radical (unpaired) electrons. The molecule has 0 bridgehead atoms. The molecule has 2 unspecified atom stereocenters. The molecule has 5 rings (SSSR count). The largest absolute Gasteiger partial charge is 0.372 e. The molecule has 1 saturated heterocycles. The number of amides is 1. The minimum Gasteiger partial charge on any atom is -0.372 e. The molecule has 4 aromatic rings. The van der Waals surface area contributed by atoms with Crippen LogP contribution in [0.1, 0.15) is 25.0 Å². The molecule has 36 heavy (non-hydrogen) atoms. The molecule has 0 spiro atoms. The van der Waals surface area contributed by atoms with E-state index in [0.717, 1.165) is 15.7 Å². The van der Waals surface area contributed by atoms with Crippen molar-refractivity contribution in [1.29, 1.82) is 0 Å². The maximum Gasteiger partial charge on any atom is 0.333 e. The fourth-order valence-electron chi connectivity index (χ4n) is 4.80.